The number of benzene rings is 1. The lowest BCUT2D eigenvalue weighted by Crippen LogP contribution is -2.28. The highest BCUT2D eigenvalue weighted by atomic mass is 32.2. The lowest BCUT2D eigenvalue weighted by Gasteiger charge is -2.15. The van der Waals surface area contributed by atoms with Crippen molar-refractivity contribution in [3.05, 3.63) is 66.8 Å². The number of rotatable bonds is 4. The van der Waals surface area contributed by atoms with Gasteiger partial charge in [-0.05, 0) is 24.6 Å². The molecule has 0 radical (unpaired) electrons. The molecule has 0 spiro atoms. The molecule has 0 bridgehead atoms. The number of nitrogens with zero attached hydrogens (tertiary/aromatic N) is 1. The number of hydrogen-bond donors (Lipinski definition) is 0. The maximum absolute atomic E-state index is 12.6. The van der Waals surface area contributed by atoms with Gasteiger partial charge in [-0.1, -0.05) is 42.5 Å². The Balaban J connectivity index is 2.32. The number of hydrogen-bond acceptors (Lipinski definition) is 2. The van der Waals surface area contributed by atoms with Crippen molar-refractivity contribution in [3.63, 3.8) is 0 Å². The summed E-state index contributed by atoms with van der Waals surface area (Å²) >= 11 is 0. The average molecular weight is 289 g/mol. The Labute approximate surface area is 121 Å². The van der Waals surface area contributed by atoms with Crippen LogP contribution in [0.4, 0.5) is 0 Å². The number of aryl methyl sites for hydroxylation is 1. The minimum atomic E-state index is -3.44. The molecule has 0 saturated carbocycles. The van der Waals surface area contributed by atoms with Gasteiger partial charge in [0.25, 0.3) is 0 Å². The first-order valence-electron chi connectivity index (χ1n) is 6.50. The van der Waals surface area contributed by atoms with Crippen molar-refractivity contribution in [2.75, 3.05) is 13.1 Å². The fraction of sp³-hybridized carbons (Fsp3) is 0.250. The minimum Gasteiger partial charge on any atom is -0.207 e. The van der Waals surface area contributed by atoms with Crippen molar-refractivity contribution in [2.45, 2.75) is 11.8 Å². The molecule has 2 rings (SSSR count). The van der Waals surface area contributed by atoms with E-state index in [1.165, 1.54) is 4.31 Å². The van der Waals surface area contributed by atoms with Crippen LogP contribution in [0, 0.1) is 12.8 Å². The molecule has 1 fully saturated rings. The molecule has 1 saturated heterocycles. The topological polar surface area (TPSA) is 37.4 Å². The number of allylic oxidation sites excluding steroid dienone is 2. The van der Waals surface area contributed by atoms with Gasteiger partial charge in [-0.3, -0.25) is 0 Å². The highest BCUT2D eigenvalue weighted by Gasteiger charge is 2.33. The Morgan fingerprint density at radius 1 is 1.25 bits per heavy atom. The normalized spacial score (nSPS) is 22.1. The summed E-state index contributed by atoms with van der Waals surface area (Å²) in [5.74, 6) is 0.0632. The molecule has 20 heavy (non-hydrogen) atoms. The Hall–Kier alpha value is -1.65. The van der Waals surface area contributed by atoms with E-state index in [2.05, 4.69) is 13.2 Å². The van der Waals surface area contributed by atoms with Crippen LogP contribution >= 0.6 is 0 Å². The monoisotopic (exact) mass is 289 g/mol. The molecule has 0 aromatic heterocycles. The van der Waals surface area contributed by atoms with Gasteiger partial charge in [-0.15, -0.1) is 6.58 Å². The third kappa shape index (κ3) is 2.76. The van der Waals surface area contributed by atoms with Crippen LogP contribution in [0.25, 0.3) is 0 Å². The maximum Gasteiger partial charge on any atom is 0.243 e. The van der Waals surface area contributed by atoms with E-state index < -0.39 is 10.0 Å². The molecule has 1 aliphatic rings. The van der Waals surface area contributed by atoms with Gasteiger partial charge in [0.05, 0.1) is 4.90 Å². The summed E-state index contributed by atoms with van der Waals surface area (Å²) in [5.41, 5.74) is 2.08. The van der Waals surface area contributed by atoms with E-state index in [0.717, 1.165) is 11.1 Å². The Kier molecular flexibility index (Phi) is 4.26. The standard InChI is InChI=1S/C16H19NO2S/c1-4-6-15-12-17(11-14(15)5-2)20(18,19)16-9-7-13(3)8-10-16/h4-10,14H,1-2,11-12H2,3H3/b15-6-. The molecule has 0 N–H and O–H groups in total. The predicted molar refractivity (Wildman–Crippen MR) is 81.9 cm³/mol. The van der Waals surface area contributed by atoms with Gasteiger partial charge in [0.1, 0.15) is 0 Å². The molecule has 1 atom stereocenters. The Morgan fingerprint density at radius 3 is 2.45 bits per heavy atom. The smallest absolute Gasteiger partial charge is 0.207 e. The van der Waals surface area contributed by atoms with Crippen molar-refractivity contribution >= 4 is 10.0 Å². The van der Waals surface area contributed by atoms with Gasteiger partial charge in [0.2, 0.25) is 10.0 Å². The molecule has 1 aromatic carbocycles. The molecular formula is C16H19NO2S. The van der Waals surface area contributed by atoms with E-state index in [0.29, 0.717) is 18.0 Å². The maximum atomic E-state index is 12.6. The van der Waals surface area contributed by atoms with E-state index in [1.54, 1.807) is 24.3 Å². The molecule has 0 aliphatic carbocycles. The van der Waals surface area contributed by atoms with Crippen molar-refractivity contribution in [1.29, 1.82) is 0 Å². The first-order chi connectivity index (χ1) is 9.48. The second-order valence-electron chi connectivity index (χ2n) is 4.93. The van der Waals surface area contributed by atoms with Gasteiger partial charge in [0.15, 0.2) is 0 Å². The van der Waals surface area contributed by atoms with Gasteiger partial charge in [-0.2, -0.15) is 4.31 Å². The molecule has 1 unspecified atom stereocenters. The van der Waals surface area contributed by atoms with Crippen LogP contribution in [0.15, 0.2) is 66.1 Å². The summed E-state index contributed by atoms with van der Waals surface area (Å²) in [6.45, 7) is 10.2. The summed E-state index contributed by atoms with van der Waals surface area (Å²) in [6.07, 6.45) is 5.35. The fourth-order valence-electron chi connectivity index (χ4n) is 2.32. The van der Waals surface area contributed by atoms with Crippen molar-refractivity contribution < 1.29 is 8.42 Å². The van der Waals surface area contributed by atoms with Crippen LogP contribution in [-0.2, 0) is 10.0 Å². The molecule has 0 amide bonds. The lowest BCUT2D eigenvalue weighted by atomic mass is 10.0. The second-order valence-corrected chi connectivity index (χ2v) is 6.87. The SMILES string of the molecule is C=C/C=C1/CN(S(=O)(=O)c2ccc(C)cc2)CC1C=C. The molecule has 106 valence electrons. The van der Waals surface area contributed by atoms with Crippen LogP contribution in [0.5, 0.6) is 0 Å². The highest BCUT2D eigenvalue weighted by Crippen LogP contribution is 2.29. The predicted octanol–water partition coefficient (Wildman–Crippen LogP) is 2.91. The van der Waals surface area contributed by atoms with Gasteiger partial charge in [-0.25, -0.2) is 8.42 Å². The first-order valence-corrected chi connectivity index (χ1v) is 7.94. The first kappa shape index (κ1) is 14.8. The van der Waals surface area contributed by atoms with Gasteiger partial charge < -0.3 is 0 Å². The summed E-state index contributed by atoms with van der Waals surface area (Å²) in [5, 5.41) is 0. The third-order valence-electron chi connectivity index (χ3n) is 3.51. The van der Waals surface area contributed by atoms with E-state index >= 15 is 0 Å². The van der Waals surface area contributed by atoms with Crippen LogP contribution < -0.4 is 0 Å². The van der Waals surface area contributed by atoms with Crippen LogP contribution in [0.1, 0.15) is 5.56 Å². The molecule has 4 heteroatoms. The van der Waals surface area contributed by atoms with E-state index in [9.17, 15) is 8.42 Å². The van der Waals surface area contributed by atoms with Gasteiger partial charge >= 0.3 is 0 Å². The summed E-state index contributed by atoms with van der Waals surface area (Å²) in [4.78, 5) is 0.339. The summed E-state index contributed by atoms with van der Waals surface area (Å²) in [6, 6.07) is 6.94. The average Bonchev–Trinajstić information content (AvgIpc) is 2.83. The van der Waals surface area contributed by atoms with Crippen LogP contribution in [0.2, 0.25) is 0 Å². The van der Waals surface area contributed by atoms with Crippen molar-refractivity contribution in [3.8, 4) is 0 Å². The van der Waals surface area contributed by atoms with Gasteiger partial charge in [0, 0.05) is 19.0 Å². The zero-order chi connectivity index (χ0) is 14.8. The van der Waals surface area contributed by atoms with E-state index in [1.807, 2.05) is 25.1 Å². The largest absolute Gasteiger partial charge is 0.243 e. The fourth-order valence-corrected chi connectivity index (χ4v) is 3.77. The minimum absolute atomic E-state index is 0.0632. The highest BCUT2D eigenvalue weighted by molar-refractivity contribution is 7.89. The number of sulfonamides is 1. The summed E-state index contributed by atoms with van der Waals surface area (Å²) < 4.78 is 26.7. The molecule has 1 heterocycles. The second kappa shape index (κ2) is 5.77. The molecule has 1 aliphatic heterocycles. The molecular weight excluding hydrogens is 270 g/mol. The zero-order valence-electron chi connectivity index (χ0n) is 11.6. The Morgan fingerprint density at radius 2 is 1.90 bits per heavy atom. The zero-order valence-corrected chi connectivity index (χ0v) is 12.4. The van der Waals surface area contributed by atoms with Crippen molar-refractivity contribution in [1.82, 2.24) is 4.31 Å². The Bertz CT molecular complexity index is 642. The van der Waals surface area contributed by atoms with E-state index in [4.69, 9.17) is 0 Å². The molecule has 3 nitrogen and oxygen atoms in total. The van der Waals surface area contributed by atoms with Crippen LogP contribution in [0.3, 0.4) is 0 Å². The van der Waals surface area contributed by atoms with E-state index in [-0.39, 0.29) is 5.92 Å². The van der Waals surface area contributed by atoms with Crippen molar-refractivity contribution in [2.24, 2.45) is 5.92 Å². The molecule has 1 aromatic rings. The quantitative estimate of drug-likeness (QED) is 0.799. The third-order valence-corrected chi connectivity index (χ3v) is 5.34. The summed E-state index contributed by atoms with van der Waals surface area (Å²) in [7, 11) is -3.44. The lowest BCUT2D eigenvalue weighted by molar-refractivity contribution is 0.471. The van der Waals surface area contributed by atoms with Crippen LogP contribution in [-0.4, -0.2) is 25.8 Å².